The minimum Gasteiger partial charge on any atom is -0.480 e. The minimum atomic E-state index is -1.02. The fourth-order valence-corrected chi connectivity index (χ4v) is 1.93. The van der Waals surface area contributed by atoms with Crippen molar-refractivity contribution < 1.29 is 14.7 Å². The van der Waals surface area contributed by atoms with E-state index in [1.807, 2.05) is 37.1 Å². The van der Waals surface area contributed by atoms with Gasteiger partial charge in [-0.1, -0.05) is 29.8 Å². The molecule has 0 aromatic heterocycles. The Hall–Kier alpha value is -1.88. The number of hydrogen-bond acceptors (Lipinski definition) is 3. The van der Waals surface area contributed by atoms with Crippen molar-refractivity contribution in [3.8, 4) is 0 Å². The Morgan fingerprint density at radius 3 is 2.63 bits per heavy atom. The van der Waals surface area contributed by atoms with E-state index in [1.165, 1.54) is 12.5 Å². The Morgan fingerprint density at radius 2 is 2.11 bits per heavy atom. The molecular formula is C14H20N2O3. The van der Waals surface area contributed by atoms with Crippen LogP contribution >= 0.6 is 0 Å². The van der Waals surface area contributed by atoms with Gasteiger partial charge in [0.25, 0.3) is 0 Å². The van der Waals surface area contributed by atoms with Crippen molar-refractivity contribution in [1.82, 2.24) is 10.2 Å². The Morgan fingerprint density at radius 1 is 1.42 bits per heavy atom. The molecule has 1 aromatic rings. The molecule has 0 fully saturated rings. The second kappa shape index (κ2) is 6.89. The summed E-state index contributed by atoms with van der Waals surface area (Å²) in [5.41, 5.74) is 2.29. The molecule has 1 unspecified atom stereocenters. The molecule has 19 heavy (non-hydrogen) atoms. The molecule has 5 nitrogen and oxygen atoms in total. The first kappa shape index (κ1) is 15.2. The molecule has 0 aliphatic heterocycles. The Labute approximate surface area is 113 Å². The van der Waals surface area contributed by atoms with Gasteiger partial charge in [0.1, 0.15) is 6.04 Å². The Bertz CT molecular complexity index is 460. The van der Waals surface area contributed by atoms with E-state index in [0.717, 1.165) is 5.56 Å². The van der Waals surface area contributed by atoms with E-state index >= 15 is 0 Å². The van der Waals surface area contributed by atoms with Gasteiger partial charge < -0.3 is 10.4 Å². The van der Waals surface area contributed by atoms with Crippen LogP contribution in [0.4, 0.5) is 0 Å². The lowest BCUT2D eigenvalue weighted by Crippen LogP contribution is -2.46. The zero-order valence-corrected chi connectivity index (χ0v) is 11.5. The van der Waals surface area contributed by atoms with E-state index in [4.69, 9.17) is 5.11 Å². The summed E-state index contributed by atoms with van der Waals surface area (Å²) in [6.45, 7) is 4.24. The minimum absolute atomic E-state index is 0.267. The van der Waals surface area contributed by atoms with E-state index in [0.29, 0.717) is 6.54 Å². The fourth-order valence-electron chi connectivity index (χ4n) is 1.93. The molecule has 1 atom stereocenters. The van der Waals surface area contributed by atoms with Gasteiger partial charge in [0.15, 0.2) is 0 Å². The van der Waals surface area contributed by atoms with Crippen molar-refractivity contribution in [1.29, 1.82) is 0 Å². The molecule has 104 valence electrons. The number of hydrogen-bond donors (Lipinski definition) is 2. The van der Waals surface area contributed by atoms with Crippen molar-refractivity contribution in [2.75, 3.05) is 13.6 Å². The first-order chi connectivity index (χ1) is 8.88. The van der Waals surface area contributed by atoms with Crippen molar-refractivity contribution in [2.24, 2.45) is 0 Å². The van der Waals surface area contributed by atoms with Gasteiger partial charge in [0, 0.05) is 20.0 Å². The highest BCUT2D eigenvalue weighted by molar-refractivity contribution is 5.82. The molecule has 2 N–H and O–H groups in total. The van der Waals surface area contributed by atoms with Crippen LogP contribution < -0.4 is 5.32 Å². The standard InChI is InChI=1S/C14H20N2O3/c1-10-5-4-6-12(7-10)8-16(3)9-13(14(18)19)15-11(2)17/h4-7,13H,8-9H2,1-3H3,(H,15,17)(H,18,19). The zero-order chi connectivity index (χ0) is 14.4. The SMILES string of the molecule is CC(=O)NC(CN(C)Cc1cccc(C)c1)C(=O)O. The Balaban J connectivity index is 2.59. The number of aliphatic carboxylic acids is 1. The number of nitrogens with one attached hydrogen (secondary N) is 1. The molecule has 0 bridgehead atoms. The summed E-state index contributed by atoms with van der Waals surface area (Å²) < 4.78 is 0. The van der Waals surface area contributed by atoms with Gasteiger partial charge in [-0.3, -0.25) is 9.69 Å². The third kappa shape index (κ3) is 5.52. The normalized spacial score (nSPS) is 12.2. The molecule has 0 radical (unpaired) electrons. The van der Waals surface area contributed by atoms with Crippen LogP contribution in [0.5, 0.6) is 0 Å². The van der Waals surface area contributed by atoms with Gasteiger partial charge in [-0.25, -0.2) is 4.79 Å². The molecule has 0 spiro atoms. The average Bonchev–Trinajstić information content (AvgIpc) is 2.27. The maximum atomic E-state index is 11.0. The molecule has 1 rings (SSSR count). The molecule has 0 aliphatic rings. The van der Waals surface area contributed by atoms with Gasteiger partial charge in [0.2, 0.25) is 5.91 Å². The van der Waals surface area contributed by atoms with E-state index in [9.17, 15) is 9.59 Å². The molecule has 1 aromatic carbocycles. The van der Waals surface area contributed by atoms with Gasteiger partial charge in [-0.05, 0) is 19.5 Å². The first-order valence-corrected chi connectivity index (χ1v) is 6.12. The zero-order valence-electron chi connectivity index (χ0n) is 11.5. The molecular weight excluding hydrogens is 244 g/mol. The summed E-state index contributed by atoms with van der Waals surface area (Å²) in [4.78, 5) is 23.9. The number of carboxylic acid groups (broad SMARTS) is 1. The third-order valence-electron chi connectivity index (χ3n) is 2.70. The van der Waals surface area contributed by atoms with Gasteiger partial charge in [-0.2, -0.15) is 0 Å². The lowest BCUT2D eigenvalue weighted by Gasteiger charge is -2.22. The molecule has 0 aliphatic carbocycles. The molecule has 0 saturated heterocycles. The number of likely N-dealkylation sites (N-methyl/N-ethyl adjacent to an activating group) is 1. The smallest absolute Gasteiger partial charge is 0.327 e. The van der Waals surface area contributed by atoms with Crippen LogP contribution in [0.25, 0.3) is 0 Å². The van der Waals surface area contributed by atoms with E-state index < -0.39 is 12.0 Å². The molecule has 0 heterocycles. The number of rotatable bonds is 6. The number of carbonyl (C=O) groups excluding carboxylic acids is 1. The van der Waals surface area contributed by atoms with Crippen LogP contribution in [-0.2, 0) is 16.1 Å². The highest BCUT2D eigenvalue weighted by atomic mass is 16.4. The number of carbonyl (C=O) groups is 2. The maximum Gasteiger partial charge on any atom is 0.327 e. The largest absolute Gasteiger partial charge is 0.480 e. The van der Waals surface area contributed by atoms with Gasteiger partial charge in [-0.15, -0.1) is 0 Å². The molecule has 0 saturated carbocycles. The van der Waals surface area contributed by atoms with Crippen molar-refractivity contribution >= 4 is 11.9 Å². The predicted molar refractivity (Wildman–Crippen MR) is 72.8 cm³/mol. The van der Waals surface area contributed by atoms with Crippen LogP contribution in [0.3, 0.4) is 0 Å². The fraction of sp³-hybridized carbons (Fsp3) is 0.429. The molecule has 5 heteroatoms. The number of nitrogens with zero attached hydrogens (tertiary/aromatic N) is 1. The molecule has 1 amide bonds. The summed E-state index contributed by atoms with van der Waals surface area (Å²) in [6.07, 6.45) is 0. The summed E-state index contributed by atoms with van der Waals surface area (Å²) in [7, 11) is 1.83. The maximum absolute atomic E-state index is 11.0. The van der Waals surface area contributed by atoms with Crippen molar-refractivity contribution in [2.45, 2.75) is 26.4 Å². The lowest BCUT2D eigenvalue weighted by atomic mass is 10.1. The highest BCUT2D eigenvalue weighted by Gasteiger charge is 2.20. The highest BCUT2D eigenvalue weighted by Crippen LogP contribution is 2.07. The predicted octanol–water partition coefficient (Wildman–Crippen LogP) is 1.02. The van der Waals surface area contributed by atoms with Crippen molar-refractivity contribution in [3.05, 3.63) is 35.4 Å². The third-order valence-corrected chi connectivity index (χ3v) is 2.70. The number of benzene rings is 1. The van der Waals surface area contributed by atoms with E-state index in [2.05, 4.69) is 11.4 Å². The van der Waals surface area contributed by atoms with E-state index in [-0.39, 0.29) is 12.5 Å². The quantitative estimate of drug-likeness (QED) is 0.804. The topological polar surface area (TPSA) is 69.6 Å². The van der Waals surface area contributed by atoms with Crippen LogP contribution in [0, 0.1) is 6.92 Å². The second-order valence-corrected chi connectivity index (χ2v) is 4.78. The van der Waals surface area contributed by atoms with Crippen LogP contribution in [0.1, 0.15) is 18.1 Å². The average molecular weight is 264 g/mol. The van der Waals surface area contributed by atoms with Gasteiger partial charge in [0.05, 0.1) is 0 Å². The summed E-state index contributed by atoms with van der Waals surface area (Å²) in [6, 6.07) is 7.16. The van der Waals surface area contributed by atoms with E-state index in [1.54, 1.807) is 0 Å². The summed E-state index contributed by atoms with van der Waals surface area (Å²) in [5.74, 6) is -1.36. The van der Waals surface area contributed by atoms with Crippen LogP contribution in [0.2, 0.25) is 0 Å². The summed E-state index contributed by atoms with van der Waals surface area (Å²) >= 11 is 0. The van der Waals surface area contributed by atoms with Crippen LogP contribution in [0.15, 0.2) is 24.3 Å². The van der Waals surface area contributed by atoms with Crippen LogP contribution in [-0.4, -0.2) is 41.5 Å². The monoisotopic (exact) mass is 264 g/mol. The second-order valence-electron chi connectivity index (χ2n) is 4.78. The number of aryl methyl sites for hydroxylation is 1. The number of carboxylic acids is 1. The summed E-state index contributed by atoms with van der Waals surface area (Å²) in [5, 5.41) is 11.5. The first-order valence-electron chi connectivity index (χ1n) is 6.12. The Kier molecular flexibility index (Phi) is 5.51. The number of amides is 1. The lowest BCUT2D eigenvalue weighted by molar-refractivity contribution is -0.142. The van der Waals surface area contributed by atoms with Crippen molar-refractivity contribution in [3.63, 3.8) is 0 Å². The van der Waals surface area contributed by atoms with Gasteiger partial charge >= 0.3 is 5.97 Å².